The van der Waals surface area contributed by atoms with Gasteiger partial charge in [0.2, 0.25) is 10.0 Å². The number of ether oxygens (including phenoxy) is 3. The molecular weight excluding hydrogens is 506 g/mol. The monoisotopic (exact) mass is 533 g/mol. The second-order valence-corrected chi connectivity index (χ2v) is 12.2. The van der Waals surface area contributed by atoms with E-state index in [4.69, 9.17) is 25.8 Å². The number of carbonyl (C=O) groups excluding carboxylic acids is 2. The molecule has 0 aromatic heterocycles. The van der Waals surface area contributed by atoms with E-state index in [2.05, 4.69) is 0 Å². The molecule has 0 unspecified atom stereocenters. The Morgan fingerprint density at radius 1 is 1.03 bits per heavy atom. The van der Waals surface area contributed by atoms with Crippen molar-refractivity contribution >= 4 is 33.7 Å². The minimum absolute atomic E-state index is 0.00346. The van der Waals surface area contributed by atoms with Crippen LogP contribution in [-0.2, 0) is 19.5 Å². The molecule has 0 bridgehead atoms. The van der Waals surface area contributed by atoms with Crippen molar-refractivity contribution < 1.29 is 32.2 Å². The second kappa shape index (κ2) is 9.78. The third-order valence-electron chi connectivity index (χ3n) is 6.08. The van der Waals surface area contributed by atoms with Crippen LogP contribution in [0.3, 0.4) is 0 Å². The zero-order valence-corrected chi connectivity index (χ0v) is 22.0. The van der Waals surface area contributed by atoms with E-state index in [9.17, 15) is 18.0 Å². The lowest BCUT2D eigenvalue weighted by atomic mass is 9.82. The number of sulfonamides is 1. The summed E-state index contributed by atoms with van der Waals surface area (Å²) in [6, 6.07) is 13.5. The highest BCUT2D eigenvalue weighted by Gasteiger charge is 2.51. The third-order valence-corrected chi connectivity index (χ3v) is 8.44. The number of carbonyl (C=O) groups is 2. The number of hydrogen-bond acceptors (Lipinski definition) is 7. The summed E-state index contributed by atoms with van der Waals surface area (Å²) >= 11 is 5.93. The topological polar surface area (TPSA) is 99.2 Å². The van der Waals surface area contributed by atoms with Crippen molar-refractivity contribution in [2.45, 2.75) is 50.1 Å². The van der Waals surface area contributed by atoms with Crippen molar-refractivity contribution in [3.05, 3.63) is 76.3 Å². The molecule has 2 aromatic rings. The number of benzene rings is 2. The molecule has 4 rings (SSSR count). The van der Waals surface area contributed by atoms with Crippen molar-refractivity contribution in [2.24, 2.45) is 0 Å². The van der Waals surface area contributed by atoms with Crippen molar-refractivity contribution in [3.8, 4) is 5.75 Å². The van der Waals surface area contributed by atoms with Gasteiger partial charge in [0.15, 0.2) is 0 Å². The van der Waals surface area contributed by atoms with E-state index in [-0.39, 0.29) is 13.0 Å². The molecule has 36 heavy (non-hydrogen) atoms. The minimum Gasteiger partial charge on any atom is -0.497 e. The molecule has 1 aliphatic heterocycles. The zero-order valence-electron chi connectivity index (χ0n) is 20.4. The maximum atomic E-state index is 13.3. The van der Waals surface area contributed by atoms with Gasteiger partial charge in [0, 0.05) is 17.4 Å². The van der Waals surface area contributed by atoms with Crippen LogP contribution in [0.4, 0.5) is 4.79 Å². The maximum Gasteiger partial charge on any atom is 0.424 e. The fourth-order valence-corrected chi connectivity index (χ4v) is 6.34. The van der Waals surface area contributed by atoms with Crippen LogP contribution in [-0.4, -0.2) is 55.4 Å². The maximum absolute atomic E-state index is 13.3. The summed E-state index contributed by atoms with van der Waals surface area (Å²) in [6.45, 7) is 4.91. The number of esters is 1. The number of fused-ring (bicyclic) bond motifs is 1. The number of amides is 1. The van der Waals surface area contributed by atoms with E-state index in [0.29, 0.717) is 21.9 Å². The Balaban J connectivity index is 1.68. The Morgan fingerprint density at radius 3 is 2.25 bits per heavy atom. The summed E-state index contributed by atoms with van der Waals surface area (Å²) in [5.74, 6) is -0.354. The van der Waals surface area contributed by atoms with Crippen LogP contribution in [0, 0.1) is 0 Å². The molecule has 192 valence electrons. The number of rotatable bonds is 4. The molecule has 1 amide bonds. The van der Waals surface area contributed by atoms with Crippen LogP contribution < -0.4 is 4.74 Å². The van der Waals surface area contributed by atoms with E-state index >= 15 is 0 Å². The predicted molar refractivity (Wildman–Crippen MR) is 135 cm³/mol. The quantitative estimate of drug-likeness (QED) is 0.405. The number of halogens is 1. The largest absolute Gasteiger partial charge is 0.497 e. The molecule has 0 spiro atoms. The van der Waals surface area contributed by atoms with E-state index in [0.717, 1.165) is 9.87 Å². The van der Waals surface area contributed by atoms with Crippen molar-refractivity contribution in [1.82, 2.24) is 4.31 Å². The van der Waals surface area contributed by atoms with Crippen LogP contribution in [0.15, 0.2) is 60.2 Å². The van der Waals surface area contributed by atoms with Gasteiger partial charge in [0.1, 0.15) is 22.7 Å². The summed E-state index contributed by atoms with van der Waals surface area (Å²) in [5.41, 5.74) is 0.841. The van der Waals surface area contributed by atoms with Gasteiger partial charge < -0.3 is 14.2 Å². The third kappa shape index (κ3) is 5.37. The van der Waals surface area contributed by atoms with Crippen LogP contribution in [0.2, 0.25) is 5.02 Å². The Bertz CT molecular complexity index is 1280. The first kappa shape index (κ1) is 26.0. The minimum atomic E-state index is -4.05. The van der Waals surface area contributed by atoms with E-state index in [1.165, 1.54) is 0 Å². The van der Waals surface area contributed by atoms with Gasteiger partial charge in [-0.05, 0) is 68.3 Å². The van der Waals surface area contributed by atoms with Crippen molar-refractivity contribution in [3.63, 3.8) is 0 Å². The molecule has 10 heteroatoms. The first-order chi connectivity index (χ1) is 16.9. The summed E-state index contributed by atoms with van der Waals surface area (Å²) in [4.78, 5) is 25.6. The molecule has 1 heterocycles. The van der Waals surface area contributed by atoms with Gasteiger partial charge in [-0.15, -0.1) is 0 Å². The van der Waals surface area contributed by atoms with E-state index in [1.807, 2.05) is 12.1 Å². The van der Waals surface area contributed by atoms with Gasteiger partial charge in [0.25, 0.3) is 0 Å². The molecule has 1 aliphatic carbocycles. The SMILES string of the molecule is COc1ccc([C@H]2C=C3CN(C(=O)OC(C)(C)C)S(=O)(=O)[C@H]3C[C@H]2OC(=O)c2ccc(Cl)cc2)cc1. The zero-order chi connectivity index (χ0) is 26.3. The molecule has 8 nitrogen and oxygen atoms in total. The fourth-order valence-electron chi connectivity index (χ4n) is 4.36. The van der Waals surface area contributed by atoms with E-state index in [1.54, 1.807) is 70.4 Å². The number of methoxy groups -OCH3 is 1. The smallest absolute Gasteiger partial charge is 0.424 e. The molecule has 1 fully saturated rings. The highest BCUT2D eigenvalue weighted by atomic mass is 35.5. The van der Waals surface area contributed by atoms with E-state index < -0.39 is 45.0 Å². The van der Waals surface area contributed by atoms with Crippen LogP contribution >= 0.6 is 11.6 Å². The molecule has 2 aromatic carbocycles. The normalized spacial score (nSPS) is 22.9. The van der Waals surface area contributed by atoms with Gasteiger partial charge in [-0.25, -0.2) is 18.0 Å². The molecule has 3 atom stereocenters. The predicted octanol–water partition coefficient (Wildman–Crippen LogP) is 4.94. The van der Waals surface area contributed by atoms with Crippen LogP contribution in [0.25, 0.3) is 0 Å². The standard InChI is InChI=1S/C26H28ClNO7S/c1-26(2,3)35-25(30)28-15-18-13-21(16-7-11-20(33-4)12-8-16)22(14-23(18)36(28,31)32)34-24(29)17-5-9-19(27)10-6-17/h5-13,21-23H,14-15H2,1-4H3/t21-,22-,23+/m1/s1. The Labute approximate surface area is 215 Å². The van der Waals surface area contributed by atoms with Crippen molar-refractivity contribution in [2.75, 3.05) is 13.7 Å². The van der Waals surface area contributed by atoms with Crippen molar-refractivity contribution in [1.29, 1.82) is 0 Å². The summed E-state index contributed by atoms with van der Waals surface area (Å²) < 4.78 is 43.9. The molecule has 2 aliphatic rings. The summed E-state index contributed by atoms with van der Waals surface area (Å²) in [6.07, 6.45) is 0.0819. The lowest BCUT2D eigenvalue weighted by Crippen LogP contribution is -2.40. The van der Waals surface area contributed by atoms with Crippen LogP contribution in [0.1, 0.15) is 49.0 Å². The lowest BCUT2D eigenvalue weighted by Gasteiger charge is -2.32. The second-order valence-electron chi connectivity index (χ2n) is 9.75. The van der Waals surface area contributed by atoms with Gasteiger partial charge in [0.05, 0.1) is 19.2 Å². The summed E-state index contributed by atoms with van der Waals surface area (Å²) in [7, 11) is -2.49. The summed E-state index contributed by atoms with van der Waals surface area (Å²) in [5, 5.41) is -0.519. The number of hydrogen-bond donors (Lipinski definition) is 0. The Kier molecular flexibility index (Phi) is 7.07. The van der Waals surface area contributed by atoms with Crippen LogP contribution in [0.5, 0.6) is 5.75 Å². The first-order valence-electron chi connectivity index (χ1n) is 11.4. The molecule has 0 N–H and O–H groups in total. The molecule has 0 radical (unpaired) electrons. The Hall–Kier alpha value is -3.04. The first-order valence-corrected chi connectivity index (χ1v) is 13.3. The Morgan fingerprint density at radius 2 is 1.67 bits per heavy atom. The highest BCUT2D eigenvalue weighted by molar-refractivity contribution is 7.90. The molecule has 0 saturated carbocycles. The average Bonchev–Trinajstić information content (AvgIpc) is 3.08. The van der Waals surface area contributed by atoms with Gasteiger partial charge in [-0.3, -0.25) is 0 Å². The molecular formula is C26H28ClNO7S. The highest BCUT2D eigenvalue weighted by Crippen LogP contribution is 2.42. The van der Waals surface area contributed by atoms with Gasteiger partial charge in [-0.1, -0.05) is 29.8 Å². The lowest BCUT2D eigenvalue weighted by molar-refractivity contribution is 0.0237. The average molecular weight is 534 g/mol. The fraction of sp³-hybridized carbons (Fsp3) is 0.385. The van der Waals surface area contributed by atoms with Gasteiger partial charge in [-0.2, -0.15) is 4.31 Å². The molecule has 1 saturated heterocycles. The van der Waals surface area contributed by atoms with Gasteiger partial charge >= 0.3 is 12.1 Å². The number of nitrogens with zero attached hydrogens (tertiary/aromatic N) is 1.